The number of nitrogens with zero attached hydrogens (tertiary/aromatic N) is 1. The van der Waals surface area contributed by atoms with Crippen LogP contribution in [-0.2, 0) is 16.0 Å². The number of rotatable bonds is 15. The van der Waals surface area contributed by atoms with Crippen LogP contribution in [0.1, 0.15) is 80.5 Å². The lowest BCUT2D eigenvalue weighted by molar-refractivity contribution is -0.149. The zero-order chi connectivity index (χ0) is 28.9. The van der Waals surface area contributed by atoms with Crippen molar-refractivity contribution >= 4 is 12.1 Å². The lowest BCUT2D eigenvalue weighted by atomic mass is 9.86. The highest BCUT2D eigenvalue weighted by molar-refractivity contribution is 5.73. The van der Waals surface area contributed by atoms with E-state index >= 15 is 0 Å². The summed E-state index contributed by atoms with van der Waals surface area (Å²) in [6.07, 6.45) is 9.11. The number of hydrogen-bond donors (Lipinski definition) is 1. The van der Waals surface area contributed by atoms with E-state index in [1.807, 2.05) is 57.2 Å². The number of carboxylic acid groups (broad SMARTS) is 1. The molecule has 0 aliphatic heterocycles. The molecule has 1 aliphatic carbocycles. The Bertz CT molecular complexity index is 1050. The van der Waals surface area contributed by atoms with E-state index in [0.717, 1.165) is 41.0 Å². The van der Waals surface area contributed by atoms with Crippen LogP contribution in [0.5, 0.6) is 11.5 Å². The molecular formula is C33H47NO6. The van der Waals surface area contributed by atoms with E-state index in [0.29, 0.717) is 44.2 Å². The fourth-order valence-corrected chi connectivity index (χ4v) is 5.61. The van der Waals surface area contributed by atoms with Crippen LogP contribution >= 0.6 is 0 Å². The van der Waals surface area contributed by atoms with Gasteiger partial charge in [-0.05, 0) is 68.9 Å². The van der Waals surface area contributed by atoms with Gasteiger partial charge in [0.2, 0.25) is 0 Å². The quantitative estimate of drug-likeness (QED) is 0.233. The predicted octanol–water partition coefficient (Wildman–Crippen LogP) is 7.27. The van der Waals surface area contributed by atoms with Crippen LogP contribution in [0, 0.1) is 26.7 Å². The number of carbonyl (C=O) groups excluding carboxylic acids is 1. The van der Waals surface area contributed by atoms with Crippen LogP contribution in [0.4, 0.5) is 4.79 Å². The first-order valence-corrected chi connectivity index (χ1v) is 14.9. The number of carbonyl (C=O) groups is 2. The second kappa shape index (κ2) is 16.3. The average Bonchev–Trinajstić information content (AvgIpc) is 2.93. The molecule has 1 atom stereocenters. The molecule has 1 fully saturated rings. The van der Waals surface area contributed by atoms with Crippen molar-refractivity contribution in [2.24, 2.45) is 5.92 Å². The molecule has 7 nitrogen and oxygen atoms in total. The Balaban J connectivity index is 1.56. The SMILES string of the molecule is CCOC(Cc1ccc(OCCN(CCCCC2CCCCC2)C(=O)Oc2c(C)cc(C)cc2C)cc1)C(=O)O. The third-order valence-electron chi connectivity index (χ3n) is 7.69. The van der Waals surface area contributed by atoms with Gasteiger partial charge in [0, 0.05) is 19.6 Å². The van der Waals surface area contributed by atoms with Gasteiger partial charge in [0.05, 0.1) is 6.54 Å². The minimum absolute atomic E-state index is 0.293. The Morgan fingerprint density at radius 3 is 2.27 bits per heavy atom. The van der Waals surface area contributed by atoms with Crippen molar-refractivity contribution in [3.8, 4) is 11.5 Å². The largest absolute Gasteiger partial charge is 0.492 e. The molecule has 220 valence electrons. The van der Waals surface area contributed by atoms with Gasteiger partial charge in [0.15, 0.2) is 6.10 Å². The summed E-state index contributed by atoms with van der Waals surface area (Å²) in [5.41, 5.74) is 3.91. The summed E-state index contributed by atoms with van der Waals surface area (Å²) in [6, 6.07) is 11.4. The molecule has 3 rings (SSSR count). The zero-order valence-corrected chi connectivity index (χ0v) is 24.7. The van der Waals surface area contributed by atoms with Crippen molar-refractivity contribution in [2.45, 2.75) is 91.6 Å². The summed E-state index contributed by atoms with van der Waals surface area (Å²) in [6.45, 7) is 9.49. The molecule has 1 N–H and O–H groups in total. The second-order valence-corrected chi connectivity index (χ2v) is 11.1. The smallest absolute Gasteiger partial charge is 0.415 e. The number of aliphatic carboxylic acids is 1. The van der Waals surface area contributed by atoms with E-state index in [1.165, 1.54) is 38.5 Å². The van der Waals surface area contributed by atoms with E-state index in [-0.39, 0.29) is 6.09 Å². The highest BCUT2D eigenvalue weighted by Gasteiger charge is 2.20. The average molecular weight is 554 g/mol. The van der Waals surface area contributed by atoms with Gasteiger partial charge >= 0.3 is 12.1 Å². The van der Waals surface area contributed by atoms with E-state index in [2.05, 4.69) is 0 Å². The number of hydrogen-bond acceptors (Lipinski definition) is 5. The Labute approximate surface area is 239 Å². The Kier molecular flexibility index (Phi) is 12.8. The van der Waals surface area contributed by atoms with E-state index in [9.17, 15) is 14.7 Å². The number of unbranched alkanes of at least 4 members (excludes halogenated alkanes) is 1. The predicted molar refractivity (Wildman–Crippen MR) is 157 cm³/mol. The van der Waals surface area contributed by atoms with Gasteiger partial charge in [-0.3, -0.25) is 0 Å². The lowest BCUT2D eigenvalue weighted by Gasteiger charge is -2.24. The molecule has 0 saturated heterocycles. The van der Waals surface area contributed by atoms with Gasteiger partial charge < -0.3 is 24.2 Å². The summed E-state index contributed by atoms with van der Waals surface area (Å²) < 4.78 is 17.2. The molecule has 1 unspecified atom stereocenters. The zero-order valence-electron chi connectivity index (χ0n) is 24.7. The Morgan fingerprint density at radius 2 is 1.65 bits per heavy atom. The van der Waals surface area contributed by atoms with Crippen LogP contribution in [-0.4, -0.2) is 54.5 Å². The van der Waals surface area contributed by atoms with Crippen LogP contribution < -0.4 is 9.47 Å². The number of aryl methyl sites for hydroxylation is 3. The lowest BCUT2D eigenvalue weighted by Crippen LogP contribution is -2.37. The van der Waals surface area contributed by atoms with Crippen LogP contribution in [0.25, 0.3) is 0 Å². The molecule has 0 aromatic heterocycles. The van der Waals surface area contributed by atoms with Crippen LogP contribution in [0.15, 0.2) is 36.4 Å². The van der Waals surface area contributed by atoms with Crippen molar-refractivity contribution < 1.29 is 28.9 Å². The minimum atomic E-state index is -0.969. The first kappa shape index (κ1) is 31.5. The first-order valence-electron chi connectivity index (χ1n) is 14.9. The molecule has 0 heterocycles. The van der Waals surface area contributed by atoms with Gasteiger partial charge in [-0.2, -0.15) is 0 Å². The summed E-state index contributed by atoms with van der Waals surface area (Å²) >= 11 is 0. The molecule has 1 amide bonds. The van der Waals surface area contributed by atoms with E-state index in [1.54, 1.807) is 11.8 Å². The van der Waals surface area contributed by atoms with E-state index in [4.69, 9.17) is 14.2 Å². The van der Waals surface area contributed by atoms with Crippen molar-refractivity contribution in [2.75, 3.05) is 26.3 Å². The molecule has 0 bridgehead atoms. The normalized spacial score (nSPS) is 14.5. The number of ether oxygens (including phenoxy) is 3. The number of amides is 1. The van der Waals surface area contributed by atoms with Gasteiger partial charge in [-0.1, -0.05) is 74.8 Å². The molecular weight excluding hydrogens is 506 g/mol. The third-order valence-corrected chi connectivity index (χ3v) is 7.69. The maximum absolute atomic E-state index is 13.3. The fraction of sp³-hybridized carbons (Fsp3) is 0.576. The van der Waals surface area contributed by atoms with Gasteiger partial charge in [-0.15, -0.1) is 0 Å². The Hall–Kier alpha value is -3.06. The summed E-state index contributed by atoms with van der Waals surface area (Å²) in [5, 5.41) is 9.32. The van der Waals surface area contributed by atoms with Crippen LogP contribution in [0.3, 0.4) is 0 Å². The van der Waals surface area contributed by atoms with Gasteiger partial charge in [0.1, 0.15) is 18.1 Å². The summed E-state index contributed by atoms with van der Waals surface area (Å²) in [7, 11) is 0. The molecule has 1 saturated carbocycles. The first-order chi connectivity index (χ1) is 19.3. The van der Waals surface area contributed by atoms with Crippen LogP contribution in [0.2, 0.25) is 0 Å². The van der Waals surface area contributed by atoms with Gasteiger partial charge in [0.25, 0.3) is 0 Å². The standard InChI is InChI=1S/C33H47NO6/c1-5-38-30(32(35)36)23-28-14-16-29(17-15-28)39-20-19-34(18-10-9-13-27-11-7-6-8-12-27)33(37)40-31-25(3)21-24(2)22-26(31)4/h14-17,21-22,27,30H,5-13,18-20,23H2,1-4H3,(H,35,36). The van der Waals surface area contributed by atoms with Crippen molar-refractivity contribution in [3.63, 3.8) is 0 Å². The highest BCUT2D eigenvalue weighted by Crippen LogP contribution is 2.28. The summed E-state index contributed by atoms with van der Waals surface area (Å²) in [4.78, 5) is 26.4. The molecule has 7 heteroatoms. The fourth-order valence-electron chi connectivity index (χ4n) is 5.61. The summed E-state index contributed by atoms with van der Waals surface area (Å²) in [5.74, 6) is 1.16. The minimum Gasteiger partial charge on any atom is -0.492 e. The molecule has 0 spiro atoms. The number of benzene rings is 2. The third kappa shape index (κ3) is 10.2. The molecule has 2 aromatic carbocycles. The van der Waals surface area contributed by atoms with Crippen molar-refractivity contribution in [1.82, 2.24) is 4.90 Å². The van der Waals surface area contributed by atoms with E-state index < -0.39 is 12.1 Å². The number of carboxylic acids is 1. The topological polar surface area (TPSA) is 85.3 Å². The highest BCUT2D eigenvalue weighted by atomic mass is 16.6. The molecule has 1 aliphatic rings. The van der Waals surface area contributed by atoms with Crippen molar-refractivity contribution in [3.05, 3.63) is 58.7 Å². The maximum atomic E-state index is 13.3. The van der Waals surface area contributed by atoms with Crippen molar-refractivity contribution in [1.29, 1.82) is 0 Å². The molecule has 0 radical (unpaired) electrons. The maximum Gasteiger partial charge on any atom is 0.415 e. The van der Waals surface area contributed by atoms with Gasteiger partial charge in [-0.25, -0.2) is 9.59 Å². The molecule has 2 aromatic rings. The monoisotopic (exact) mass is 553 g/mol. The molecule has 40 heavy (non-hydrogen) atoms. The second-order valence-electron chi connectivity index (χ2n) is 11.1. The Morgan fingerprint density at radius 1 is 0.975 bits per heavy atom.